The molecular formula is C21H21ClN6O3S. The van der Waals surface area contributed by atoms with Crippen LogP contribution >= 0.6 is 23.4 Å². The minimum Gasteiger partial charge on any atom is -0.341 e. The van der Waals surface area contributed by atoms with Gasteiger partial charge in [-0.3, -0.25) is 19.5 Å². The van der Waals surface area contributed by atoms with Crippen LogP contribution < -0.4 is 10.2 Å². The highest BCUT2D eigenvalue weighted by Gasteiger charge is 2.24. The molecule has 0 saturated carbocycles. The van der Waals surface area contributed by atoms with Crippen molar-refractivity contribution in [2.45, 2.75) is 24.9 Å². The number of para-hydroxylation sites is 1. The minimum absolute atomic E-state index is 0.0180. The van der Waals surface area contributed by atoms with Gasteiger partial charge in [-0.25, -0.2) is 0 Å². The van der Waals surface area contributed by atoms with E-state index in [-0.39, 0.29) is 23.0 Å². The molecule has 0 radical (unpaired) electrons. The summed E-state index contributed by atoms with van der Waals surface area (Å²) < 4.78 is 1.89. The monoisotopic (exact) mass is 472 g/mol. The SMILES string of the molecule is Cc1cccc([N+](=O)[O-])c1NC(=O)CSc1nnc(N2CCCC2)n1-c1cccc(Cl)c1. The van der Waals surface area contributed by atoms with Crippen molar-refractivity contribution < 1.29 is 9.72 Å². The van der Waals surface area contributed by atoms with Crippen LogP contribution in [0.15, 0.2) is 47.6 Å². The third kappa shape index (κ3) is 4.71. The van der Waals surface area contributed by atoms with Gasteiger partial charge in [0.2, 0.25) is 11.9 Å². The minimum atomic E-state index is -0.506. The van der Waals surface area contributed by atoms with Gasteiger partial charge in [0.05, 0.1) is 16.4 Å². The molecule has 3 aromatic rings. The smallest absolute Gasteiger partial charge is 0.293 e. The van der Waals surface area contributed by atoms with Gasteiger partial charge in [0, 0.05) is 24.2 Å². The number of hydrogen-bond donors (Lipinski definition) is 1. The fraction of sp³-hybridized carbons (Fsp3) is 0.286. The van der Waals surface area contributed by atoms with Crippen molar-refractivity contribution in [2.24, 2.45) is 0 Å². The highest BCUT2D eigenvalue weighted by atomic mass is 35.5. The second-order valence-electron chi connectivity index (χ2n) is 7.36. The molecule has 11 heteroatoms. The maximum atomic E-state index is 12.6. The summed E-state index contributed by atoms with van der Waals surface area (Å²) in [5.41, 5.74) is 1.50. The molecule has 1 aromatic heterocycles. The standard InChI is InChI=1S/C21H21ClN6O3S/c1-14-6-4-9-17(28(30)31)19(14)23-18(29)13-32-21-25-24-20(26-10-2-3-11-26)27(21)16-8-5-7-15(22)12-16/h4-9,12H,2-3,10-11,13H2,1H3,(H,23,29). The fourth-order valence-electron chi connectivity index (χ4n) is 3.59. The van der Waals surface area contributed by atoms with E-state index in [9.17, 15) is 14.9 Å². The van der Waals surface area contributed by atoms with Gasteiger partial charge in [-0.15, -0.1) is 10.2 Å². The van der Waals surface area contributed by atoms with Crippen molar-refractivity contribution in [1.82, 2.24) is 14.8 Å². The third-order valence-corrected chi connectivity index (χ3v) is 6.28. The van der Waals surface area contributed by atoms with Crippen LogP contribution in [0.4, 0.5) is 17.3 Å². The summed E-state index contributed by atoms with van der Waals surface area (Å²) in [6.07, 6.45) is 2.17. The van der Waals surface area contributed by atoms with Gasteiger partial charge in [-0.1, -0.05) is 41.6 Å². The Morgan fingerprint density at radius 1 is 1.22 bits per heavy atom. The molecule has 0 atom stereocenters. The van der Waals surface area contributed by atoms with Crippen molar-refractivity contribution >= 4 is 46.6 Å². The van der Waals surface area contributed by atoms with Crippen LogP contribution in [0.5, 0.6) is 0 Å². The number of aromatic nitrogens is 3. The molecule has 1 saturated heterocycles. The van der Waals surface area contributed by atoms with Gasteiger partial charge in [0.25, 0.3) is 5.69 Å². The topological polar surface area (TPSA) is 106 Å². The number of hydrogen-bond acceptors (Lipinski definition) is 7. The van der Waals surface area contributed by atoms with E-state index in [1.54, 1.807) is 25.1 Å². The quantitative estimate of drug-likeness (QED) is 0.307. The molecular weight excluding hydrogens is 452 g/mol. The summed E-state index contributed by atoms with van der Waals surface area (Å²) in [4.78, 5) is 25.6. The van der Waals surface area contributed by atoms with Crippen LogP contribution in [0.3, 0.4) is 0 Å². The third-order valence-electron chi connectivity index (χ3n) is 5.12. The van der Waals surface area contributed by atoms with Crippen LogP contribution in [-0.2, 0) is 4.79 Å². The molecule has 4 rings (SSSR count). The van der Waals surface area contributed by atoms with Crippen LogP contribution in [-0.4, -0.2) is 44.4 Å². The van der Waals surface area contributed by atoms with Gasteiger partial charge >= 0.3 is 0 Å². The molecule has 0 aliphatic carbocycles. The molecule has 9 nitrogen and oxygen atoms in total. The number of nitrogens with one attached hydrogen (secondary N) is 1. The highest BCUT2D eigenvalue weighted by Crippen LogP contribution is 2.31. The highest BCUT2D eigenvalue weighted by molar-refractivity contribution is 7.99. The summed E-state index contributed by atoms with van der Waals surface area (Å²) in [5.74, 6) is 0.363. The average Bonchev–Trinajstić information content (AvgIpc) is 3.43. The average molecular weight is 473 g/mol. The largest absolute Gasteiger partial charge is 0.341 e. The zero-order valence-corrected chi connectivity index (χ0v) is 18.9. The zero-order chi connectivity index (χ0) is 22.7. The Morgan fingerprint density at radius 3 is 2.69 bits per heavy atom. The summed E-state index contributed by atoms with van der Waals surface area (Å²) in [6.45, 7) is 3.50. The van der Waals surface area contributed by atoms with E-state index in [1.807, 2.05) is 22.8 Å². The molecule has 0 unspecified atom stereocenters. The Hall–Kier alpha value is -3.11. The van der Waals surface area contributed by atoms with Crippen LogP contribution in [0.1, 0.15) is 18.4 Å². The lowest BCUT2D eigenvalue weighted by molar-refractivity contribution is -0.384. The van der Waals surface area contributed by atoms with E-state index in [2.05, 4.69) is 20.4 Å². The van der Waals surface area contributed by atoms with Gasteiger partial charge in [0.1, 0.15) is 5.69 Å². The lowest BCUT2D eigenvalue weighted by atomic mass is 10.1. The molecule has 1 aliphatic rings. The Morgan fingerprint density at radius 2 is 1.97 bits per heavy atom. The zero-order valence-electron chi connectivity index (χ0n) is 17.3. The molecule has 2 aromatic carbocycles. The first-order chi connectivity index (χ1) is 15.4. The van der Waals surface area contributed by atoms with Crippen molar-refractivity contribution in [2.75, 3.05) is 29.1 Å². The van der Waals surface area contributed by atoms with Crippen LogP contribution in [0, 0.1) is 17.0 Å². The lowest BCUT2D eigenvalue weighted by Crippen LogP contribution is -2.22. The van der Waals surface area contributed by atoms with Crippen molar-refractivity contribution in [3.05, 3.63) is 63.2 Å². The van der Waals surface area contributed by atoms with E-state index in [4.69, 9.17) is 11.6 Å². The van der Waals surface area contributed by atoms with Gasteiger partial charge in [-0.05, 0) is 43.5 Å². The number of anilines is 2. The Kier molecular flexibility index (Phi) is 6.61. The number of amides is 1. The maximum absolute atomic E-state index is 12.6. The second-order valence-corrected chi connectivity index (χ2v) is 8.73. The maximum Gasteiger partial charge on any atom is 0.293 e. The second kappa shape index (κ2) is 9.58. The molecule has 0 spiro atoms. The number of carbonyl (C=O) groups excluding carboxylic acids is 1. The predicted octanol–water partition coefficient (Wildman–Crippen LogP) is 4.47. The Bertz CT molecular complexity index is 1160. The Labute approximate surface area is 193 Å². The normalized spacial score (nSPS) is 13.4. The van der Waals surface area contributed by atoms with Gasteiger partial charge in [0.15, 0.2) is 5.16 Å². The first-order valence-electron chi connectivity index (χ1n) is 10.1. The summed E-state index contributed by atoms with van der Waals surface area (Å²) in [6, 6.07) is 12.1. The number of nitrogens with zero attached hydrogens (tertiary/aromatic N) is 5. The van der Waals surface area contributed by atoms with Gasteiger partial charge < -0.3 is 10.2 Å². The number of halogens is 1. The first-order valence-corrected chi connectivity index (χ1v) is 11.4. The molecule has 166 valence electrons. The van der Waals surface area contributed by atoms with E-state index < -0.39 is 4.92 Å². The van der Waals surface area contributed by atoms with Crippen LogP contribution in [0.25, 0.3) is 5.69 Å². The molecule has 1 N–H and O–H groups in total. The number of carbonyl (C=O) groups is 1. The molecule has 0 bridgehead atoms. The van der Waals surface area contributed by atoms with Gasteiger partial charge in [-0.2, -0.15) is 0 Å². The molecule has 1 amide bonds. The van der Waals surface area contributed by atoms with Crippen LogP contribution in [0.2, 0.25) is 5.02 Å². The van der Waals surface area contributed by atoms with Crippen molar-refractivity contribution in [1.29, 1.82) is 0 Å². The summed E-state index contributed by atoms with van der Waals surface area (Å²) >= 11 is 7.42. The van der Waals surface area contributed by atoms with E-state index >= 15 is 0 Å². The first kappa shape index (κ1) is 22.1. The molecule has 32 heavy (non-hydrogen) atoms. The number of aryl methyl sites for hydroxylation is 1. The summed E-state index contributed by atoms with van der Waals surface area (Å²) in [5, 5.41) is 23.8. The number of nitro groups is 1. The molecule has 1 aliphatic heterocycles. The van der Waals surface area contributed by atoms with E-state index in [0.29, 0.717) is 21.7 Å². The molecule has 2 heterocycles. The fourth-order valence-corrected chi connectivity index (χ4v) is 4.52. The number of nitro benzene ring substituents is 1. The molecule has 1 fully saturated rings. The van der Waals surface area contributed by atoms with E-state index in [1.165, 1.54) is 17.8 Å². The van der Waals surface area contributed by atoms with Crippen molar-refractivity contribution in [3.63, 3.8) is 0 Å². The van der Waals surface area contributed by atoms with E-state index in [0.717, 1.165) is 31.6 Å². The predicted molar refractivity (Wildman–Crippen MR) is 125 cm³/mol. The lowest BCUT2D eigenvalue weighted by Gasteiger charge is -2.18. The van der Waals surface area contributed by atoms with Crippen molar-refractivity contribution in [3.8, 4) is 5.69 Å². The summed E-state index contributed by atoms with van der Waals surface area (Å²) in [7, 11) is 0. The number of benzene rings is 2. The number of thioether (sulfide) groups is 1. The number of rotatable bonds is 7. The Balaban J connectivity index is 1.56.